The first-order chi connectivity index (χ1) is 13.8. The van der Waals surface area contributed by atoms with Gasteiger partial charge in [0.2, 0.25) is 0 Å². The second-order valence-electron chi connectivity index (χ2n) is 7.44. The van der Waals surface area contributed by atoms with Crippen LogP contribution in [0.2, 0.25) is 0 Å². The number of nitrogens with one attached hydrogen (secondary N) is 1. The van der Waals surface area contributed by atoms with Crippen LogP contribution in [0.15, 0.2) is 73.1 Å². The largest absolute Gasteiger partial charge is 0.391 e. The SMILES string of the molecule is C=Cc1ccc(S(=C)(=C)N(Cc2ccncc2)C(C(=C)NC)C(C)C)cc1C=C. The summed E-state index contributed by atoms with van der Waals surface area (Å²) in [6.07, 6.45) is 7.35. The van der Waals surface area contributed by atoms with Gasteiger partial charge in [0.25, 0.3) is 0 Å². The molecule has 1 N–H and O–H groups in total. The number of hydrogen-bond acceptors (Lipinski definition) is 3. The monoisotopic (exact) mass is 407 g/mol. The fraction of sp³-hybridized carbons (Fsp3) is 0.240. The Bertz CT molecular complexity index is 972. The van der Waals surface area contributed by atoms with E-state index in [0.717, 1.165) is 21.7 Å². The molecule has 2 rings (SSSR count). The molecule has 4 heteroatoms. The van der Waals surface area contributed by atoms with Crippen LogP contribution in [0.3, 0.4) is 0 Å². The van der Waals surface area contributed by atoms with Crippen molar-refractivity contribution in [2.24, 2.45) is 5.92 Å². The third kappa shape index (κ3) is 5.08. The fourth-order valence-electron chi connectivity index (χ4n) is 3.45. The van der Waals surface area contributed by atoms with Gasteiger partial charge in [-0.3, -0.25) is 4.98 Å². The maximum atomic E-state index is 4.64. The molecule has 2 aromatic rings. The first kappa shape index (κ1) is 22.7. The second kappa shape index (κ2) is 9.77. The number of aromatic nitrogens is 1. The van der Waals surface area contributed by atoms with Gasteiger partial charge in [-0.25, -0.2) is 4.31 Å². The Morgan fingerprint density at radius 1 is 1.10 bits per heavy atom. The number of likely N-dealkylation sites (N-methyl/N-ethyl adjacent to an activating group) is 1. The molecule has 1 aromatic carbocycles. The summed E-state index contributed by atoms with van der Waals surface area (Å²) in [5.74, 6) is 9.61. The van der Waals surface area contributed by atoms with Crippen LogP contribution in [0.5, 0.6) is 0 Å². The molecular weight excluding hydrogens is 374 g/mol. The highest BCUT2D eigenvalue weighted by Crippen LogP contribution is 2.42. The van der Waals surface area contributed by atoms with E-state index in [0.29, 0.717) is 12.5 Å². The second-order valence-corrected chi connectivity index (χ2v) is 10.1. The summed E-state index contributed by atoms with van der Waals surface area (Å²) < 4.78 is 2.39. The maximum absolute atomic E-state index is 4.64. The molecule has 0 bridgehead atoms. The highest BCUT2D eigenvalue weighted by Gasteiger charge is 2.28. The molecule has 0 aliphatic rings. The van der Waals surface area contributed by atoms with Gasteiger partial charge in [-0.05, 0) is 46.9 Å². The van der Waals surface area contributed by atoms with Gasteiger partial charge in [0.15, 0.2) is 0 Å². The van der Waals surface area contributed by atoms with Crippen LogP contribution in [0, 0.1) is 5.92 Å². The first-order valence-electron chi connectivity index (χ1n) is 9.66. The fourth-order valence-corrected chi connectivity index (χ4v) is 5.59. The molecule has 0 aliphatic carbocycles. The molecule has 1 unspecified atom stereocenters. The minimum atomic E-state index is -1.83. The molecule has 1 heterocycles. The Kier molecular flexibility index (Phi) is 7.66. The summed E-state index contributed by atoms with van der Waals surface area (Å²) >= 11 is 0. The van der Waals surface area contributed by atoms with E-state index in [1.54, 1.807) is 0 Å². The minimum Gasteiger partial charge on any atom is -0.391 e. The predicted octanol–water partition coefficient (Wildman–Crippen LogP) is 5.57. The topological polar surface area (TPSA) is 28.2 Å². The lowest BCUT2D eigenvalue weighted by molar-refractivity contribution is 0.301. The van der Waals surface area contributed by atoms with Crippen LogP contribution in [-0.4, -0.2) is 34.1 Å². The average Bonchev–Trinajstić information content (AvgIpc) is 2.72. The molecule has 0 fully saturated rings. The summed E-state index contributed by atoms with van der Waals surface area (Å²) in [7, 11) is 0.0907. The van der Waals surface area contributed by atoms with Crippen molar-refractivity contribution < 1.29 is 0 Å². The Balaban J connectivity index is 2.63. The highest BCUT2D eigenvalue weighted by molar-refractivity contribution is 8.25. The zero-order valence-electron chi connectivity index (χ0n) is 17.9. The van der Waals surface area contributed by atoms with Gasteiger partial charge in [0.05, 0.1) is 6.04 Å². The minimum absolute atomic E-state index is 0.0735. The van der Waals surface area contributed by atoms with E-state index in [9.17, 15) is 0 Å². The highest BCUT2D eigenvalue weighted by atomic mass is 32.2. The molecule has 154 valence electrons. The smallest absolute Gasteiger partial charge is 0.0613 e. The molecule has 0 aliphatic heterocycles. The van der Waals surface area contributed by atoms with Gasteiger partial charge in [0, 0.05) is 36.6 Å². The summed E-state index contributed by atoms with van der Waals surface area (Å²) in [4.78, 5) is 5.25. The Hall–Kier alpha value is -2.56. The molecular formula is C25H33N3S. The molecule has 3 nitrogen and oxygen atoms in total. The van der Waals surface area contributed by atoms with E-state index in [-0.39, 0.29) is 6.04 Å². The third-order valence-electron chi connectivity index (χ3n) is 5.09. The van der Waals surface area contributed by atoms with Crippen molar-refractivity contribution in [1.82, 2.24) is 14.6 Å². The van der Waals surface area contributed by atoms with Gasteiger partial charge in [-0.2, -0.15) is 0 Å². The predicted molar refractivity (Wildman–Crippen MR) is 133 cm³/mol. The molecule has 1 aromatic heterocycles. The number of hydrogen-bond donors (Lipinski definition) is 1. The van der Waals surface area contributed by atoms with Crippen LogP contribution < -0.4 is 5.32 Å². The standard InChI is InChI=1S/C25H33N3S/c1-9-22-11-12-24(17-23(22)10-2)29(7,8)28(18-21-13-15-27-16-14-21)25(19(3)4)20(5)26-6/h9-17,19,25-26H,1-2,5,7-8,18H2,3-4,6H3. The van der Waals surface area contributed by atoms with Crippen molar-refractivity contribution in [3.05, 3.63) is 84.8 Å². The van der Waals surface area contributed by atoms with Crippen molar-refractivity contribution in [2.75, 3.05) is 7.05 Å². The average molecular weight is 408 g/mol. The van der Waals surface area contributed by atoms with Gasteiger partial charge >= 0.3 is 0 Å². The molecule has 1 atom stereocenters. The lowest BCUT2D eigenvalue weighted by Crippen LogP contribution is -2.40. The van der Waals surface area contributed by atoms with Crippen molar-refractivity contribution in [3.63, 3.8) is 0 Å². The van der Waals surface area contributed by atoms with E-state index in [2.05, 4.69) is 78.1 Å². The maximum Gasteiger partial charge on any atom is 0.0613 e. The lowest BCUT2D eigenvalue weighted by atomic mass is 10.0. The van der Waals surface area contributed by atoms with Crippen molar-refractivity contribution in [1.29, 1.82) is 0 Å². The van der Waals surface area contributed by atoms with Crippen LogP contribution in [0.25, 0.3) is 12.2 Å². The van der Waals surface area contributed by atoms with Crippen LogP contribution in [0.1, 0.15) is 30.5 Å². The number of nitrogens with zero attached hydrogens (tertiary/aromatic N) is 2. The van der Waals surface area contributed by atoms with Crippen molar-refractivity contribution >= 4 is 33.3 Å². The third-order valence-corrected chi connectivity index (χ3v) is 7.48. The Morgan fingerprint density at radius 3 is 2.24 bits per heavy atom. The molecule has 0 amide bonds. The van der Waals surface area contributed by atoms with E-state index in [1.807, 2.05) is 43.7 Å². The molecule has 0 saturated carbocycles. The molecule has 0 spiro atoms. The number of rotatable bonds is 10. The normalized spacial score (nSPS) is 12.6. The first-order valence-corrected chi connectivity index (χ1v) is 11.6. The molecule has 0 saturated heterocycles. The molecule has 29 heavy (non-hydrogen) atoms. The summed E-state index contributed by atoms with van der Waals surface area (Å²) in [5, 5.41) is 3.26. The summed E-state index contributed by atoms with van der Waals surface area (Å²) in [6, 6.07) is 10.5. The quantitative estimate of drug-likeness (QED) is 0.522. The summed E-state index contributed by atoms with van der Waals surface area (Å²) in [6.45, 7) is 17.3. The van der Waals surface area contributed by atoms with Gasteiger partial charge in [0.1, 0.15) is 0 Å². The van der Waals surface area contributed by atoms with Gasteiger partial charge in [-0.1, -0.05) is 63.5 Å². The zero-order valence-corrected chi connectivity index (χ0v) is 18.7. The van der Waals surface area contributed by atoms with E-state index < -0.39 is 9.39 Å². The summed E-state index contributed by atoms with van der Waals surface area (Å²) in [5.41, 5.74) is 4.23. The van der Waals surface area contributed by atoms with E-state index in [1.165, 1.54) is 5.56 Å². The lowest BCUT2D eigenvalue weighted by Gasteiger charge is -2.41. The Morgan fingerprint density at radius 2 is 1.72 bits per heavy atom. The van der Waals surface area contributed by atoms with Crippen LogP contribution in [0.4, 0.5) is 0 Å². The van der Waals surface area contributed by atoms with E-state index >= 15 is 0 Å². The van der Waals surface area contributed by atoms with Gasteiger partial charge in [-0.15, -0.1) is 9.39 Å². The zero-order chi connectivity index (χ0) is 21.6. The van der Waals surface area contributed by atoms with Gasteiger partial charge < -0.3 is 5.32 Å². The Labute approximate surface area is 177 Å². The van der Waals surface area contributed by atoms with Crippen LogP contribution in [-0.2, 0) is 6.54 Å². The number of benzene rings is 1. The van der Waals surface area contributed by atoms with Crippen LogP contribution >= 0.6 is 9.39 Å². The number of pyridine rings is 1. The molecule has 0 radical (unpaired) electrons. The van der Waals surface area contributed by atoms with Crippen molar-refractivity contribution in [2.45, 2.75) is 31.3 Å². The van der Waals surface area contributed by atoms with E-state index in [4.69, 9.17) is 0 Å². The van der Waals surface area contributed by atoms with Crippen molar-refractivity contribution in [3.8, 4) is 0 Å².